The second kappa shape index (κ2) is 9.19. The van der Waals surface area contributed by atoms with Crippen molar-refractivity contribution in [1.82, 2.24) is 10.2 Å². The van der Waals surface area contributed by atoms with E-state index < -0.39 is 36.4 Å². The lowest BCUT2D eigenvalue weighted by molar-refractivity contribution is -0.240. The molecular formula is C23H22N2O7. The summed E-state index contributed by atoms with van der Waals surface area (Å²) in [5.41, 5.74) is 0.721. The predicted molar refractivity (Wildman–Crippen MR) is 110 cm³/mol. The van der Waals surface area contributed by atoms with Gasteiger partial charge in [-0.2, -0.15) is 0 Å². The topological polar surface area (TPSA) is 111 Å². The average Bonchev–Trinajstić information content (AvgIpc) is 2.82. The molecule has 0 unspecified atom stereocenters. The zero-order valence-corrected chi connectivity index (χ0v) is 17.3. The van der Waals surface area contributed by atoms with Crippen molar-refractivity contribution in [3.05, 3.63) is 71.8 Å². The van der Waals surface area contributed by atoms with E-state index in [1.54, 1.807) is 60.7 Å². The third-order valence-electron chi connectivity index (χ3n) is 5.26. The van der Waals surface area contributed by atoms with E-state index in [1.807, 2.05) is 0 Å². The number of nitrogens with one attached hydrogen (secondary N) is 1. The molecule has 0 saturated carbocycles. The van der Waals surface area contributed by atoms with E-state index in [-0.39, 0.29) is 25.0 Å². The second-order valence-electron chi connectivity index (χ2n) is 7.51. The van der Waals surface area contributed by atoms with Crippen LogP contribution < -0.4 is 5.32 Å². The summed E-state index contributed by atoms with van der Waals surface area (Å²) in [7, 11) is 0. The molecule has 2 aromatic rings. The van der Waals surface area contributed by atoms with Crippen LogP contribution in [0.5, 0.6) is 0 Å². The zero-order chi connectivity index (χ0) is 22.7. The number of benzene rings is 2. The predicted octanol–water partition coefficient (Wildman–Crippen LogP) is 1.14. The first-order valence-corrected chi connectivity index (χ1v) is 10.2. The van der Waals surface area contributed by atoms with Crippen molar-refractivity contribution in [1.29, 1.82) is 0 Å². The average molecular weight is 438 g/mol. The molecule has 2 fully saturated rings. The first-order valence-electron chi connectivity index (χ1n) is 10.2. The highest BCUT2D eigenvalue weighted by molar-refractivity contribution is 5.93. The molecule has 32 heavy (non-hydrogen) atoms. The highest BCUT2D eigenvalue weighted by Gasteiger charge is 2.55. The Morgan fingerprint density at radius 1 is 1.00 bits per heavy atom. The molecule has 9 nitrogen and oxygen atoms in total. The van der Waals surface area contributed by atoms with Gasteiger partial charge in [-0.1, -0.05) is 36.4 Å². The number of ether oxygens (including phenoxy) is 3. The van der Waals surface area contributed by atoms with Crippen LogP contribution in [0.1, 0.15) is 27.6 Å². The summed E-state index contributed by atoms with van der Waals surface area (Å²) in [5.74, 6) is -1.82. The van der Waals surface area contributed by atoms with Gasteiger partial charge in [0.2, 0.25) is 5.91 Å². The first kappa shape index (κ1) is 21.5. The van der Waals surface area contributed by atoms with Crippen LogP contribution in [-0.4, -0.2) is 66.3 Å². The largest absolute Gasteiger partial charge is 0.459 e. The van der Waals surface area contributed by atoms with E-state index in [0.717, 1.165) is 0 Å². The Morgan fingerprint density at radius 3 is 2.19 bits per heavy atom. The third-order valence-corrected chi connectivity index (χ3v) is 5.26. The summed E-state index contributed by atoms with van der Waals surface area (Å²) < 4.78 is 16.9. The molecular weight excluding hydrogens is 416 g/mol. The van der Waals surface area contributed by atoms with Crippen molar-refractivity contribution in [2.75, 3.05) is 13.2 Å². The fourth-order valence-electron chi connectivity index (χ4n) is 3.65. The standard InChI is InChI=1S/C23H22N2O7/c1-14(26)24-19-20(27)25-12-17(32-23(29)16-10-6-3-7-11-16)18(31-21(19)25)13-30-22(28)15-8-4-2-5-9-15/h2-11,17-19,21H,12-13H2,1H3,(H,24,26)/t17-,18+,19+,21-/m0/s1. The molecule has 0 aromatic heterocycles. The monoisotopic (exact) mass is 438 g/mol. The highest BCUT2D eigenvalue weighted by Crippen LogP contribution is 2.30. The molecule has 1 N–H and O–H groups in total. The Morgan fingerprint density at radius 2 is 1.59 bits per heavy atom. The molecule has 2 aliphatic heterocycles. The Balaban J connectivity index is 1.47. The minimum atomic E-state index is -0.857. The van der Waals surface area contributed by atoms with E-state index in [2.05, 4.69) is 5.32 Å². The van der Waals surface area contributed by atoms with E-state index >= 15 is 0 Å². The Labute approximate surface area is 184 Å². The number of amides is 2. The lowest BCUT2D eigenvalue weighted by Crippen LogP contribution is -2.76. The third kappa shape index (κ3) is 4.47. The Bertz CT molecular complexity index is 1010. The molecule has 0 aliphatic carbocycles. The summed E-state index contributed by atoms with van der Waals surface area (Å²) in [6.45, 7) is 1.18. The maximum atomic E-state index is 12.6. The summed E-state index contributed by atoms with van der Waals surface area (Å²) in [6.07, 6.45) is -2.40. The lowest BCUT2D eigenvalue weighted by atomic mass is 9.99. The molecule has 166 valence electrons. The van der Waals surface area contributed by atoms with Gasteiger partial charge in [0.05, 0.1) is 17.7 Å². The molecule has 9 heteroatoms. The first-order chi connectivity index (χ1) is 15.4. The van der Waals surface area contributed by atoms with Gasteiger partial charge in [-0.15, -0.1) is 0 Å². The molecule has 2 aromatic carbocycles. The van der Waals surface area contributed by atoms with Crippen molar-refractivity contribution >= 4 is 23.8 Å². The van der Waals surface area contributed by atoms with Crippen LogP contribution in [0, 0.1) is 0 Å². The summed E-state index contributed by atoms with van der Waals surface area (Å²) in [6, 6.07) is 16.0. The quantitative estimate of drug-likeness (QED) is 0.532. The SMILES string of the molecule is CC(=O)N[C@@H]1C(=O)N2C[C@H](OC(=O)c3ccccc3)[C@@H](COC(=O)c3ccccc3)O[C@@H]12. The van der Waals surface area contributed by atoms with Crippen molar-refractivity contribution in [3.63, 3.8) is 0 Å². The number of esters is 2. The molecule has 0 bridgehead atoms. The van der Waals surface area contributed by atoms with E-state index in [9.17, 15) is 19.2 Å². The number of β-lactam (4-membered cyclic amide) rings is 1. The van der Waals surface area contributed by atoms with Gasteiger partial charge < -0.3 is 24.4 Å². The van der Waals surface area contributed by atoms with Gasteiger partial charge in [0.1, 0.15) is 18.8 Å². The van der Waals surface area contributed by atoms with Crippen LogP contribution >= 0.6 is 0 Å². The minimum Gasteiger partial charge on any atom is -0.459 e. The van der Waals surface area contributed by atoms with Crippen LogP contribution in [0.4, 0.5) is 0 Å². The molecule has 4 rings (SSSR count). The van der Waals surface area contributed by atoms with Gasteiger partial charge in [0.15, 0.2) is 12.3 Å². The van der Waals surface area contributed by atoms with Crippen molar-refractivity contribution < 1.29 is 33.4 Å². The fraction of sp³-hybridized carbons (Fsp3) is 0.304. The maximum Gasteiger partial charge on any atom is 0.338 e. The van der Waals surface area contributed by atoms with Crippen LogP contribution in [0.2, 0.25) is 0 Å². The summed E-state index contributed by atoms with van der Waals surface area (Å²) in [4.78, 5) is 50.1. The molecule has 2 heterocycles. The normalized spacial score (nSPS) is 24.0. The number of rotatable bonds is 6. The fourth-order valence-corrected chi connectivity index (χ4v) is 3.65. The number of carbonyl (C=O) groups is 4. The lowest BCUT2D eigenvalue weighted by Gasteiger charge is -2.52. The van der Waals surface area contributed by atoms with Crippen molar-refractivity contribution in [2.24, 2.45) is 0 Å². The van der Waals surface area contributed by atoms with E-state index in [0.29, 0.717) is 11.1 Å². The van der Waals surface area contributed by atoms with Gasteiger partial charge in [-0.25, -0.2) is 9.59 Å². The smallest absolute Gasteiger partial charge is 0.338 e. The molecule has 0 spiro atoms. The van der Waals surface area contributed by atoms with Gasteiger partial charge >= 0.3 is 11.9 Å². The van der Waals surface area contributed by atoms with Gasteiger partial charge in [-0.3, -0.25) is 9.59 Å². The summed E-state index contributed by atoms with van der Waals surface area (Å²) >= 11 is 0. The highest BCUT2D eigenvalue weighted by atomic mass is 16.6. The van der Waals surface area contributed by atoms with Gasteiger partial charge in [0.25, 0.3) is 5.91 Å². The van der Waals surface area contributed by atoms with Crippen LogP contribution in [0.15, 0.2) is 60.7 Å². The summed E-state index contributed by atoms with van der Waals surface area (Å²) in [5, 5.41) is 2.55. The van der Waals surface area contributed by atoms with E-state index in [1.165, 1.54) is 11.8 Å². The maximum absolute atomic E-state index is 12.6. The van der Waals surface area contributed by atoms with Gasteiger partial charge in [0, 0.05) is 6.92 Å². The Kier molecular flexibility index (Phi) is 6.18. The number of fused-ring (bicyclic) bond motifs is 1. The molecule has 0 radical (unpaired) electrons. The molecule has 2 saturated heterocycles. The van der Waals surface area contributed by atoms with Crippen LogP contribution in [0.3, 0.4) is 0 Å². The molecule has 2 amide bonds. The van der Waals surface area contributed by atoms with Gasteiger partial charge in [-0.05, 0) is 24.3 Å². The van der Waals surface area contributed by atoms with Crippen LogP contribution in [0.25, 0.3) is 0 Å². The number of nitrogens with zero attached hydrogens (tertiary/aromatic N) is 1. The molecule has 2 aliphatic rings. The number of hydrogen-bond donors (Lipinski definition) is 1. The Hall–Kier alpha value is -3.72. The minimum absolute atomic E-state index is 0.0612. The van der Waals surface area contributed by atoms with Crippen molar-refractivity contribution in [2.45, 2.75) is 31.4 Å². The second-order valence-corrected chi connectivity index (χ2v) is 7.51. The number of hydrogen-bond acceptors (Lipinski definition) is 7. The van der Waals surface area contributed by atoms with E-state index in [4.69, 9.17) is 14.2 Å². The van der Waals surface area contributed by atoms with Crippen LogP contribution in [-0.2, 0) is 23.8 Å². The zero-order valence-electron chi connectivity index (χ0n) is 17.3. The van der Waals surface area contributed by atoms with Crippen molar-refractivity contribution in [3.8, 4) is 0 Å². The number of carbonyl (C=O) groups excluding carboxylic acids is 4. The molecule has 4 atom stereocenters.